The van der Waals surface area contributed by atoms with Crippen LogP contribution < -0.4 is 0 Å². The number of thioether (sulfide) groups is 1. The van der Waals surface area contributed by atoms with E-state index >= 15 is 0 Å². The molecule has 168 valence electrons. The maximum absolute atomic E-state index is 11.1. The van der Waals surface area contributed by atoms with Crippen LogP contribution in [0.15, 0.2) is 47.1 Å². The van der Waals surface area contributed by atoms with Crippen molar-refractivity contribution in [1.29, 1.82) is 0 Å². The zero-order valence-corrected chi connectivity index (χ0v) is 20.0. The molecule has 0 aliphatic heterocycles. The molecule has 30 heavy (non-hydrogen) atoms. The fourth-order valence-electron chi connectivity index (χ4n) is 5.49. The number of rotatable bonds is 6. The smallest absolute Gasteiger partial charge is 0.117 e. The van der Waals surface area contributed by atoms with Crippen LogP contribution >= 0.6 is 11.8 Å². The number of allylic oxidation sites excluding steroid dienone is 5. The molecule has 0 aromatic heterocycles. The first-order chi connectivity index (χ1) is 14.1. The van der Waals surface area contributed by atoms with Crippen molar-refractivity contribution in [2.45, 2.75) is 89.8 Å². The van der Waals surface area contributed by atoms with Crippen LogP contribution in [0.1, 0.15) is 72.6 Å². The molecule has 4 heteroatoms. The minimum absolute atomic E-state index is 0.151. The normalized spacial score (nSPS) is 38.3. The van der Waals surface area contributed by atoms with Gasteiger partial charge in [-0.2, -0.15) is 0 Å². The third-order valence-electron chi connectivity index (χ3n) is 7.68. The van der Waals surface area contributed by atoms with Gasteiger partial charge in [0.25, 0.3) is 0 Å². The number of fused-ring (bicyclic) bond motifs is 1. The lowest BCUT2D eigenvalue weighted by atomic mass is 9.64. The molecule has 0 radical (unpaired) electrons. The molecular formula is C26H40O3S. The lowest BCUT2D eigenvalue weighted by Gasteiger charge is -2.41. The maximum atomic E-state index is 11.1. The molecule has 0 amide bonds. The molecule has 0 saturated heterocycles. The summed E-state index contributed by atoms with van der Waals surface area (Å²) in [7, 11) is 0. The molecule has 2 fully saturated rings. The predicted molar refractivity (Wildman–Crippen MR) is 127 cm³/mol. The number of aliphatic hydroxyl groups is 3. The first-order valence-electron chi connectivity index (χ1n) is 11.6. The molecule has 0 aromatic rings. The summed E-state index contributed by atoms with van der Waals surface area (Å²) in [6, 6.07) is 0. The molecule has 0 unspecified atom stereocenters. The van der Waals surface area contributed by atoms with E-state index in [4.69, 9.17) is 0 Å². The summed E-state index contributed by atoms with van der Waals surface area (Å²) in [5, 5.41) is 31.8. The Hall–Kier alpha value is -0.810. The van der Waals surface area contributed by atoms with Crippen LogP contribution in [0.3, 0.4) is 0 Å². The van der Waals surface area contributed by atoms with Crippen LogP contribution in [-0.2, 0) is 0 Å². The monoisotopic (exact) mass is 432 g/mol. The Morgan fingerprint density at radius 2 is 2.07 bits per heavy atom. The van der Waals surface area contributed by atoms with Gasteiger partial charge in [0.1, 0.15) is 4.93 Å². The quantitative estimate of drug-likeness (QED) is 0.381. The maximum Gasteiger partial charge on any atom is 0.117 e. The van der Waals surface area contributed by atoms with Crippen molar-refractivity contribution in [1.82, 2.24) is 0 Å². The van der Waals surface area contributed by atoms with Crippen LogP contribution in [0, 0.1) is 17.3 Å². The molecule has 0 aromatic carbocycles. The highest BCUT2D eigenvalue weighted by atomic mass is 32.2. The second kappa shape index (κ2) is 9.36. The summed E-state index contributed by atoms with van der Waals surface area (Å²) >= 11 is 1.36. The van der Waals surface area contributed by atoms with Gasteiger partial charge in [-0.25, -0.2) is 0 Å². The third kappa shape index (κ3) is 4.82. The Labute approximate surface area is 187 Å². The second-order valence-corrected chi connectivity index (χ2v) is 11.4. The number of aliphatic hydroxyl groups excluding tert-OH is 2. The summed E-state index contributed by atoms with van der Waals surface area (Å²) < 4.78 is 0. The van der Waals surface area contributed by atoms with Crippen molar-refractivity contribution < 1.29 is 15.3 Å². The SMILES string of the molecule is C=C1C(=CC=C2CCC[C@]3(C)C(CC)=CC[C@H]23)C[C@](O)(SC[C@H](O)C(C)C)C[C@@H]1O. The molecule has 0 heterocycles. The van der Waals surface area contributed by atoms with E-state index in [0.717, 1.165) is 30.4 Å². The van der Waals surface area contributed by atoms with Gasteiger partial charge in [0, 0.05) is 18.6 Å². The van der Waals surface area contributed by atoms with Crippen LogP contribution in [-0.4, -0.2) is 38.2 Å². The van der Waals surface area contributed by atoms with Gasteiger partial charge in [-0.3, -0.25) is 0 Å². The molecule has 3 rings (SSSR count). The van der Waals surface area contributed by atoms with E-state index in [9.17, 15) is 15.3 Å². The summed E-state index contributed by atoms with van der Waals surface area (Å²) in [5.74, 6) is 1.19. The van der Waals surface area contributed by atoms with Gasteiger partial charge in [0.15, 0.2) is 0 Å². The molecular weight excluding hydrogens is 392 g/mol. The predicted octanol–water partition coefficient (Wildman–Crippen LogP) is 5.54. The summed E-state index contributed by atoms with van der Waals surface area (Å²) in [4.78, 5) is -1.06. The van der Waals surface area contributed by atoms with Crippen molar-refractivity contribution >= 4 is 11.8 Å². The largest absolute Gasteiger partial charge is 0.392 e. The van der Waals surface area contributed by atoms with Crippen LogP contribution in [0.5, 0.6) is 0 Å². The molecule has 3 aliphatic rings. The van der Waals surface area contributed by atoms with Crippen molar-refractivity contribution in [3.05, 3.63) is 47.1 Å². The van der Waals surface area contributed by atoms with E-state index in [-0.39, 0.29) is 12.3 Å². The van der Waals surface area contributed by atoms with Gasteiger partial charge in [-0.15, -0.1) is 11.8 Å². The molecule has 5 atom stereocenters. The average Bonchev–Trinajstić information content (AvgIpc) is 3.04. The molecule has 0 spiro atoms. The molecule has 0 bridgehead atoms. The Kier molecular flexibility index (Phi) is 7.44. The number of hydrogen-bond acceptors (Lipinski definition) is 4. The highest BCUT2D eigenvalue weighted by Gasteiger charge is 2.44. The Morgan fingerprint density at radius 1 is 1.33 bits per heavy atom. The first kappa shape index (κ1) is 23.8. The Balaban J connectivity index is 1.77. The molecule has 3 nitrogen and oxygen atoms in total. The molecule has 3 N–H and O–H groups in total. The van der Waals surface area contributed by atoms with Crippen LogP contribution in [0.2, 0.25) is 0 Å². The fraction of sp³-hybridized carbons (Fsp3) is 0.692. The van der Waals surface area contributed by atoms with Crippen LogP contribution in [0.25, 0.3) is 0 Å². The first-order valence-corrected chi connectivity index (χ1v) is 12.6. The van der Waals surface area contributed by atoms with Crippen molar-refractivity contribution in [3.63, 3.8) is 0 Å². The van der Waals surface area contributed by atoms with Gasteiger partial charge >= 0.3 is 0 Å². The van der Waals surface area contributed by atoms with E-state index in [1.807, 2.05) is 13.8 Å². The zero-order valence-electron chi connectivity index (χ0n) is 19.2. The van der Waals surface area contributed by atoms with Crippen molar-refractivity contribution in [2.24, 2.45) is 17.3 Å². The molecule has 2 saturated carbocycles. The van der Waals surface area contributed by atoms with Gasteiger partial charge in [-0.05, 0) is 60.5 Å². The van der Waals surface area contributed by atoms with Gasteiger partial charge in [0.05, 0.1) is 12.2 Å². The van der Waals surface area contributed by atoms with E-state index in [1.165, 1.54) is 30.2 Å². The Morgan fingerprint density at radius 3 is 2.73 bits per heavy atom. The van der Waals surface area contributed by atoms with Gasteiger partial charge in [-0.1, -0.05) is 63.6 Å². The minimum atomic E-state index is -1.06. The minimum Gasteiger partial charge on any atom is -0.392 e. The molecule has 3 aliphatic carbocycles. The van der Waals surface area contributed by atoms with E-state index in [0.29, 0.717) is 23.5 Å². The number of hydrogen-bond donors (Lipinski definition) is 3. The van der Waals surface area contributed by atoms with E-state index < -0.39 is 17.1 Å². The summed E-state index contributed by atoms with van der Waals surface area (Å²) in [6.07, 6.45) is 12.2. The van der Waals surface area contributed by atoms with Crippen LogP contribution in [0.4, 0.5) is 0 Å². The van der Waals surface area contributed by atoms with Crippen molar-refractivity contribution in [3.8, 4) is 0 Å². The lowest BCUT2D eigenvalue weighted by Crippen LogP contribution is -2.38. The van der Waals surface area contributed by atoms with Gasteiger partial charge in [0.2, 0.25) is 0 Å². The van der Waals surface area contributed by atoms with Gasteiger partial charge < -0.3 is 15.3 Å². The topological polar surface area (TPSA) is 60.7 Å². The average molecular weight is 433 g/mol. The standard InChI is InChI=1S/C26H40O3S/c1-6-21-11-12-22-19(8-7-13-25(21,22)5)9-10-20-14-26(29,15-23(27)18(20)4)30-16-24(28)17(2)3/h9-11,17,22-24,27-29H,4,6-8,12-16H2,1-3,5H3/t22-,23+,24+,25-,26+/m1/s1. The van der Waals surface area contributed by atoms with Crippen molar-refractivity contribution in [2.75, 3.05) is 5.75 Å². The third-order valence-corrected chi connectivity index (χ3v) is 9.03. The fourth-order valence-corrected chi connectivity index (χ4v) is 6.89. The Bertz CT molecular complexity index is 749. The zero-order chi connectivity index (χ0) is 22.1. The van der Waals surface area contributed by atoms with E-state index in [2.05, 4.69) is 38.7 Å². The summed E-state index contributed by atoms with van der Waals surface area (Å²) in [5.41, 5.74) is 5.06. The van der Waals surface area contributed by atoms with E-state index in [1.54, 1.807) is 5.57 Å². The summed E-state index contributed by atoms with van der Waals surface area (Å²) in [6.45, 7) is 12.8. The second-order valence-electron chi connectivity index (χ2n) is 10.1. The highest BCUT2D eigenvalue weighted by Crippen LogP contribution is 2.55. The highest BCUT2D eigenvalue weighted by molar-refractivity contribution is 8.00. The lowest BCUT2D eigenvalue weighted by molar-refractivity contribution is 0.0594.